The average molecular weight is 401 g/mol. The van der Waals surface area contributed by atoms with Gasteiger partial charge in [0, 0.05) is 13.1 Å². The van der Waals surface area contributed by atoms with Crippen LogP contribution in [0.2, 0.25) is 5.02 Å². The van der Waals surface area contributed by atoms with E-state index in [2.05, 4.69) is 0 Å². The van der Waals surface area contributed by atoms with Gasteiger partial charge in [0.05, 0.1) is 15.6 Å². The van der Waals surface area contributed by atoms with E-state index in [1.807, 2.05) is 5.32 Å². The molecular weight excluding hydrogens is 385 g/mol. The Morgan fingerprint density at radius 3 is 2.32 bits per heavy atom. The Morgan fingerprint density at radius 1 is 1.28 bits per heavy atom. The van der Waals surface area contributed by atoms with Crippen molar-refractivity contribution in [1.82, 2.24) is 4.31 Å². The van der Waals surface area contributed by atoms with Crippen molar-refractivity contribution in [2.24, 2.45) is 0 Å². The van der Waals surface area contributed by atoms with Crippen LogP contribution in [0.1, 0.15) is 19.8 Å². The van der Waals surface area contributed by atoms with Gasteiger partial charge in [-0.25, -0.2) is 8.42 Å². The standard InChI is InChI=1S/C14H16ClF3N2O4S/c1-13(22,14(16,17)18)12(21)19-11-5-4-9(8-10(11)15)25(23,24)20-6-2-3-7-20/h4-5,8,22H,2-3,6-7H2,1H3,(H,19,21)/t13-/m1/s1. The number of nitrogens with zero attached hydrogens (tertiary/aromatic N) is 1. The summed E-state index contributed by atoms with van der Waals surface area (Å²) in [5, 5.41) is 10.9. The predicted octanol–water partition coefficient (Wildman–Crippen LogP) is 2.38. The SMILES string of the molecule is C[C@@](O)(C(=O)Nc1ccc(S(=O)(=O)N2CCCC2)cc1Cl)C(F)(F)F. The fourth-order valence-corrected chi connectivity index (χ4v) is 4.04. The maximum atomic E-state index is 12.7. The van der Waals surface area contributed by atoms with E-state index < -0.39 is 27.7 Å². The van der Waals surface area contributed by atoms with Crippen molar-refractivity contribution in [3.05, 3.63) is 23.2 Å². The number of nitrogens with one attached hydrogen (secondary N) is 1. The number of sulfonamides is 1. The maximum Gasteiger partial charge on any atom is 0.426 e. The lowest BCUT2D eigenvalue weighted by Crippen LogP contribution is -2.52. The molecule has 140 valence electrons. The summed E-state index contributed by atoms with van der Waals surface area (Å²) < 4.78 is 64.0. The van der Waals surface area contributed by atoms with Crippen molar-refractivity contribution in [1.29, 1.82) is 0 Å². The third-order valence-corrected chi connectivity index (χ3v) is 6.09. The van der Waals surface area contributed by atoms with Crippen LogP contribution >= 0.6 is 11.6 Å². The number of halogens is 4. The number of hydrogen-bond acceptors (Lipinski definition) is 4. The van der Waals surface area contributed by atoms with E-state index in [4.69, 9.17) is 11.6 Å². The van der Waals surface area contributed by atoms with E-state index in [-0.39, 0.29) is 15.6 Å². The largest absolute Gasteiger partial charge is 0.426 e. The summed E-state index contributed by atoms with van der Waals surface area (Å²) in [6.07, 6.45) is -3.69. The van der Waals surface area contributed by atoms with Crippen molar-refractivity contribution in [3.63, 3.8) is 0 Å². The molecule has 1 aliphatic heterocycles. The summed E-state index contributed by atoms with van der Waals surface area (Å²) in [4.78, 5) is 11.5. The maximum absolute atomic E-state index is 12.7. The van der Waals surface area contributed by atoms with Crippen molar-refractivity contribution in [3.8, 4) is 0 Å². The third-order valence-electron chi connectivity index (χ3n) is 3.89. The van der Waals surface area contributed by atoms with Gasteiger partial charge in [0.15, 0.2) is 0 Å². The van der Waals surface area contributed by atoms with E-state index in [0.29, 0.717) is 20.0 Å². The van der Waals surface area contributed by atoms with Gasteiger partial charge < -0.3 is 10.4 Å². The smallest absolute Gasteiger partial charge is 0.373 e. The zero-order chi connectivity index (χ0) is 19.0. The second-order valence-corrected chi connectivity index (χ2v) is 8.12. The van der Waals surface area contributed by atoms with Crippen molar-refractivity contribution < 1.29 is 31.5 Å². The number of carbonyl (C=O) groups excluding carboxylic acids is 1. The molecule has 0 bridgehead atoms. The van der Waals surface area contributed by atoms with E-state index in [1.165, 1.54) is 4.31 Å². The molecular formula is C14H16ClF3N2O4S. The fourth-order valence-electron chi connectivity index (χ4n) is 2.21. The Balaban J connectivity index is 2.24. The zero-order valence-electron chi connectivity index (χ0n) is 13.1. The number of alkyl halides is 3. The van der Waals surface area contributed by atoms with E-state index in [9.17, 15) is 31.5 Å². The number of carbonyl (C=O) groups is 1. The van der Waals surface area contributed by atoms with Gasteiger partial charge >= 0.3 is 6.18 Å². The minimum Gasteiger partial charge on any atom is -0.373 e. The van der Waals surface area contributed by atoms with Crippen molar-refractivity contribution >= 4 is 33.2 Å². The highest BCUT2D eigenvalue weighted by molar-refractivity contribution is 7.89. The third kappa shape index (κ3) is 3.91. The number of hydrogen-bond donors (Lipinski definition) is 2. The lowest BCUT2D eigenvalue weighted by molar-refractivity contribution is -0.242. The van der Waals surface area contributed by atoms with Crippen LogP contribution in [-0.4, -0.2) is 48.6 Å². The fraction of sp³-hybridized carbons (Fsp3) is 0.500. The molecule has 0 radical (unpaired) electrons. The molecule has 2 rings (SSSR count). The molecule has 1 fully saturated rings. The topological polar surface area (TPSA) is 86.7 Å². The average Bonchev–Trinajstić information content (AvgIpc) is 3.02. The summed E-state index contributed by atoms with van der Waals surface area (Å²) in [6, 6.07) is 3.26. The second kappa shape index (κ2) is 6.75. The first-order valence-electron chi connectivity index (χ1n) is 7.27. The van der Waals surface area contributed by atoms with Crippen LogP contribution in [0.25, 0.3) is 0 Å². The molecule has 1 heterocycles. The minimum atomic E-state index is -5.18. The molecule has 0 saturated carbocycles. The van der Waals surface area contributed by atoms with E-state index >= 15 is 0 Å². The highest BCUT2D eigenvalue weighted by Crippen LogP contribution is 2.33. The van der Waals surface area contributed by atoms with Gasteiger partial charge in [0.1, 0.15) is 0 Å². The molecule has 1 saturated heterocycles. The van der Waals surface area contributed by atoms with Crippen LogP contribution in [-0.2, 0) is 14.8 Å². The number of rotatable bonds is 4. The molecule has 0 aliphatic carbocycles. The number of amides is 1. The Morgan fingerprint density at radius 2 is 1.84 bits per heavy atom. The monoisotopic (exact) mass is 400 g/mol. The lowest BCUT2D eigenvalue weighted by Gasteiger charge is -2.25. The summed E-state index contributed by atoms with van der Waals surface area (Å²) >= 11 is 5.89. The molecule has 1 atom stereocenters. The molecule has 11 heteroatoms. The molecule has 0 aromatic heterocycles. The lowest BCUT2D eigenvalue weighted by atomic mass is 10.1. The molecule has 25 heavy (non-hydrogen) atoms. The van der Waals surface area contributed by atoms with Crippen LogP contribution in [0.5, 0.6) is 0 Å². The van der Waals surface area contributed by atoms with Crippen LogP contribution in [0.3, 0.4) is 0 Å². The number of aliphatic hydroxyl groups is 1. The number of anilines is 1. The Kier molecular flexibility index (Phi) is 5.39. The van der Waals surface area contributed by atoms with Gasteiger partial charge in [0.2, 0.25) is 15.6 Å². The van der Waals surface area contributed by atoms with Crippen LogP contribution < -0.4 is 5.32 Å². The summed E-state index contributed by atoms with van der Waals surface area (Å²) in [7, 11) is -3.75. The first-order chi connectivity index (χ1) is 11.4. The molecule has 1 amide bonds. The Labute approximate surface area is 147 Å². The van der Waals surface area contributed by atoms with Crippen molar-refractivity contribution in [2.75, 3.05) is 18.4 Å². The molecule has 6 nitrogen and oxygen atoms in total. The molecule has 1 aromatic carbocycles. The van der Waals surface area contributed by atoms with Gasteiger partial charge in [0.25, 0.3) is 5.91 Å². The zero-order valence-corrected chi connectivity index (χ0v) is 14.7. The summed E-state index contributed by atoms with van der Waals surface area (Å²) in [5.41, 5.74) is -3.85. The van der Waals surface area contributed by atoms with E-state index in [0.717, 1.165) is 31.0 Å². The highest BCUT2D eigenvalue weighted by Gasteiger charge is 2.55. The van der Waals surface area contributed by atoms with Crippen LogP contribution in [0, 0.1) is 0 Å². The molecule has 2 N–H and O–H groups in total. The first-order valence-corrected chi connectivity index (χ1v) is 9.09. The molecule has 0 spiro atoms. The molecule has 0 unspecified atom stereocenters. The van der Waals surface area contributed by atoms with Gasteiger partial charge in [-0.15, -0.1) is 0 Å². The first kappa shape index (κ1) is 20.0. The molecule has 1 aliphatic rings. The van der Waals surface area contributed by atoms with Gasteiger partial charge in [-0.05, 0) is 38.0 Å². The van der Waals surface area contributed by atoms with Crippen molar-refractivity contribution in [2.45, 2.75) is 36.4 Å². The minimum absolute atomic E-state index is 0.125. The number of benzene rings is 1. The van der Waals surface area contributed by atoms with Gasteiger partial charge in [-0.3, -0.25) is 4.79 Å². The second-order valence-electron chi connectivity index (χ2n) is 5.78. The van der Waals surface area contributed by atoms with Gasteiger partial charge in [-0.1, -0.05) is 11.6 Å². The van der Waals surface area contributed by atoms with Crippen LogP contribution in [0.4, 0.5) is 18.9 Å². The van der Waals surface area contributed by atoms with E-state index in [1.54, 1.807) is 0 Å². The Bertz CT molecular complexity index is 775. The van der Waals surface area contributed by atoms with Gasteiger partial charge in [-0.2, -0.15) is 17.5 Å². The summed E-state index contributed by atoms with van der Waals surface area (Å²) in [6.45, 7) is 1.07. The normalized spacial score (nSPS) is 18.8. The quantitative estimate of drug-likeness (QED) is 0.812. The molecule has 1 aromatic rings. The Hall–Kier alpha value is -1.36. The predicted molar refractivity (Wildman–Crippen MR) is 84.8 cm³/mol. The van der Waals surface area contributed by atoms with Crippen LogP contribution in [0.15, 0.2) is 23.1 Å². The summed E-state index contributed by atoms with van der Waals surface area (Å²) in [5.74, 6) is -1.72. The highest BCUT2D eigenvalue weighted by atomic mass is 35.5.